The Labute approximate surface area is 88.1 Å². The van der Waals surface area contributed by atoms with Crippen LogP contribution in [-0.4, -0.2) is 18.9 Å². The SMILES string of the molecule is COC(=O)C1C(=O)Cc2cc(C)ccc21. The van der Waals surface area contributed by atoms with Gasteiger partial charge in [-0.05, 0) is 18.1 Å². The molecule has 0 radical (unpaired) electrons. The summed E-state index contributed by atoms with van der Waals surface area (Å²) in [5.74, 6) is -1.23. The lowest BCUT2D eigenvalue weighted by atomic mass is 10.00. The second-order valence-corrected chi connectivity index (χ2v) is 3.80. The average molecular weight is 204 g/mol. The largest absolute Gasteiger partial charge is 0.468 e. The zero-order valence-electron chi connectivity index (χ0n) is 8.74. The quantitative estimate of drug-likeness (QED) is 0.512. The van der Waals surface area contributed by atoms with Crippen LogP contribution in [0.3, 0.4) is 0 Å². The number of hydrogen-bond donors (Lipinski definition) is 0. The predicted octanol–water partition coefficient (Wildman–Crippen LogP) is 1.38. The molecule has 1 aliphatic rings. The number of fused-ring (bicyclic) bond motifs is 1. The lowest BCUT2D eigenvalue weighted by molar-refractivity contribution is -0.145. The molecule has 0 saturated carbocycles. The molecule has 0 aliphatic heterocycles. The molecule has 0 saturated heterocycles. The Morgan fingerprint density at radius 1 is 1.47 bits per heavy atom. The minimum atomic E-state index is -0.703. The Morgan fingerprint density at radius 3 is 2.87 bits per heavy atom. The number of ether oxygens (including phenoxy) is 1. The molecule has 0 bridgehead atoms. The van der Waals surface area contributed by atoms with E-state index in [0.29, 0.717) is 6.42 Å². The first-order valence-electron chi connectivity index (χ1n) is 4.83. The number of esters is 1. The molecule has 0 fully saturated rings. The van der Waals surface area contributed by atoms with Crippen molar-refractivity contribution in [1.29, 1.82) is 0 Å². The van der Waals surface area contributed by atoms with Crippen molar-refractivity contribution in [2.24, 2.45) is 0 Å². The van der Waals surface area contributed by atoms with Gasteiger partial charge < -0.3 is 4.74 Å². The van der Waals surface area contributed by atoms with E-state index in [0.717, 1.165) is 16.7 Å². The average Bonchev–Trinajstić information content (AvgIpc) is 2.52. The number of aryl methyl sites for hydroxylation is 1. The highest BCUT2D eigenvalue weighted by molar-refractivity contribution is 6.08. The summed E-state index contributed by atoms with van der Waals surface area (Å²) in [7, 11) is 1.31. The summed E-state index contributed by atoms with van der Waals surface area (Å²) < 4.78 is 4.63. The van der Waals surface area contributed by atoms with Gasteiger partial charge in [0.15, 0.2) is 5.78 Å². The van der Waals surface area contributed by atoms with Gasteiger partial charge >= 0.3 is 5.97 Å². The first-order chi connectivity index (χ1) is 7.13. The highest BCUT2D eigenvalue weighted by Crippen LogP contribution is 2.31. The van der Waals surface area contributed by atoms with E-state index in [1.54, 1.807) is 0 Å². The smallest absolute Gasteiger partial charge is 0.320 e. The maximum atomic E-state index is 11.6. The molecule has 1 aromatic rings. The van der Waals surface area contributed by atoms with Gasteiger partial charge in [-0.2, -0.15) is 0 Å². The third kappa shape index (κ3) is 1.54. The zero-order chi connectivity index (χ0) is 11.0. The van der Waals surface area contributed by atoms with Crippen molar-refractivity contribution in [2.45, 2.75) is 19.3 Å². The third-order valence-electron chi connectivity index (χ3n) is 2.73. The van der Waals surface area contributed by atoms with E-state index in [1.807, 2.05) is 25.1 Å². The molecule has 15 heavy (non-hydrogen) atoms. The lowest BCUT2D eigenvalue weighted by Crippen LogP contribution is -2.18. The van der Waals surface area contributed by atoms with Crippen LogP contribution in [0.2, 0.25) is 0 Å². The summed E-state index contributed by atoms with van der Waals surface area (Å²) in [5.41, 5.74) is 2.86. The van der Waals surface area contributed by atoms with Crippen molar-refractivity contribution in [2.75, 3.05) is 7.11 Å². The minimum Gasteiger partial charge on any atom is -0.468 e. The monoisotopic (exact) mass is 204 g/mol. The van der Waals surface area contributed by atoms with Crippen LogP contribution in [-0.2, 0) is 20.7 Å². The summed E-state index contributed by atoms with van der Waals surface area (Å²) in [6.07, 6.45) is 0.344. The van der Waals surface area contributed by atoms with Crippen molar-refractivity contribution in [3.8, 4) is 0 Å². The Hall–Kier alpha value is -1.64. The first kappa shape index (κ1) is 9.90. The number of benzene rings is 1. The van der Waals surface area contributed by atoms with E-state index in [2.05, 4.69) is 4.74 Å². The van der Waals surface area contributed by atoms with Gasteiger partial charge in [-0.25, -0.2) is 0 Å². The van der Waals surface area contributed by atoms with Crippen LogP contribution in [0.4, 0.5) is 0 Å². The second-order valence-electron chi connectivity index (χ2n) is 3.80. The van der Waals surface area contributed by atoms with Crippen molar-refractivity contribution in [3.05, 3.63) is 34.9 Å². The molecule has 0 N–H and O–H groups in total. The van der Waals surface area contributed by atoms with Gasteiger partial charge in [0.1, 0.15) is 5.92 Å². The van der Waals surface area contributed by atoms with Crippen LogP contribution in [0.5, 0.6) is 0 Å². The standard InChI is InChI=1S/C12H12O3/c1-7-3-4-9-8(5-7)6-10(13)11(9)12(14)15-2/h3-5,11H,6H2,1-2H3. The summed E-state index contributed by atoms with van der Waals surface area (Å²) in [6, 6.07) is 5.71. The lowest BCUT2D eigenvalue weighted by Gasteiger charge is -2.07. The summed E-state index contributed by atoms with van der Waals surface area (Å²) in [6.45, 7) is 1.97. The van der Waals surface area contributed by atoms with Gasteiger partial charge in [0.05, 0.1) is 7.11 Å². The topological polar surface area (TPSA) is 43.4 Å². The number of Topliss-reactive ketones (excluding diaryl/α,β-unsaturated/α-hetero) is 1. The van der Waals surface area contributed by atoms with E-state index in [1.165, 1.54) is 7.11 Å². The minimum absolute atomic E-state index is 0.0672. The normalized spacial score (nSPS) is 18.8. The highest BCUT2D eigenvalue weighted by Gasteiger charge is 2.36. The predicted molar refractivity (Wildman–Crippen MR) is 54.6 cm³/mol. The molecule has 0 heterocycles. The molecule has 0 spiro atoms. The number of carbonyl (C=O) groups is 2. The van der Waals surface area contributed by atoms with Crippen molar-refractivity contribution >= 4 is 11.8 Å². The molecule has 78 valence electrons. The second kappa shape index (κ2) is 3.50. The Balaban J connectivity index is 2.46. The maximum Gasteiger partial charge on any atom is 0.320 e. The number of ketones is 1. The van der Waals surface area contributed by atoms with Crippen molar-refractivity contribution in [1.82, 2.24) is 0 Å². The fourth-order valence-corrected chi connectivity index (χ4v) is 2.01. The van der Waals surface area contributed by atoms with E-state index in [-0.39, 0.29) is 5.78 Å². The van der Waals surface area contributed by atoms with Gasteiger partial charge in [-0.3, -0.25) is 9.59 Å². The summed E-state index contributed by atoms with van der Waals surface area (Å²) in [5, 5.41) is 0. The first-order valence-corrected chi connectivity index (χ1v) is 4.83. The Morgan fingerprint density at radius 2 is 2.20 bits per heavy atom. The number of hydrogen-bond acceptors (Lipinski definition) is 3. The highest BCUT2D eigenvalue weighted by atomic mass is 16.5. The van der Waals surface area contributed by atoms with Gasteiger partial charge in [-0.15, -0.1) is 0 Å². The fourth-order valence-electron chi connectivity index (χ4n) is 2.01. The van der Waals surface area contributed by atoms with Crippen molar-refractivity contribution in [3.63, 3.8) is 0 Å². The van der Waals surface area contributed by atoms with Crippen LogP contribution < -0.4 is 0 Å². The molecule has 3 heteroatoms. The Kier molecular flexibility index (Phi) is 2.31. The van der Waals surface area contributed by atoms with Gasteiger partial charge in [0, 0.05) is 6.42 Å². The van der Waals surface area contributed by atoms with Crippen molar-refractivity contribution < 1.29 is 14.3 Å². The van der Waals surface area contributed by atoms with Gasteiger partial charge in [-0.1, -0.05) is 23.8 Å². The molecule has 0 aromatic heterocycles. The summed E-state index contributed by atoms with van der Waals surface area (Å²) >= 11 is 0. The van der Waals surface area contributed by atoms with E-state index < -0.39 is 11.9 Å². The van der Waals surface area contributed by atoms with Crippen LogP contribution in [0.25, 0.3) is 0 Å². The molecular weight excluding hydrogens is 192 g/mol. The molecule has 2 rings (SSSR count). The van der Waals surface area contributed by atoms with Gasteiger partial charge in [0.25, 0.3) is 0 Å². The number of methoxy groups -OCH3 is 1. The van der Waals surface area contributed by atoms with E-state index in [9.17, 15) is 9.59 Å². The number of carbonyl (C=O) groups excluding carboxylic acids is 2. The molecule has 3 nitrogen and oxygen atoms in total. The van der Waals surface area contributed by atoms with Gasteiger partial charge in [0.2, 0.25) is 0 Å². The number of rotatable bonds is 1. The Bertz CT molecular complexity index is 434. The molecular formula is C12H12O3. The zero-order valence-corrected chi connectivity index (χ0v) is 8.74. The molecule has 1 aromatic carbocycles. The van der Waals surface area contributed by atoms with Crippen LogP contribution in [0.15, 0.2) is 18.2 Å². The molecule has 0 amide bonds. The van der Waals surface area contributed by atoms with Crippen LogP contribution in [0, 0.1) is 6.92 Å². The van der Waals surface area contributed by atoms with E-state index in [4.69, 9.17) is 0 Å². The molecule has 1 atom stereocenters. The summed E-state index contributed by atoms with van der Waals surface area (Å²) in [4.78, 5) is 23.1. The van der Waals surface area contributed by atoms with E-state index >= 15 is 0 Å². The van der Waals surface area contributed by atoms with Crippen LogP contribution in [0.1, 0.15) is 22.6 Å². The fraction of sp³-hybridized carbons (Fsp3) is 0.333. The molecule has 1 aliphatic carbocycles. The maximum absolute atomic E-state index is 11.6. The van der Waals surface area contributed by atoms with Crippen LogP contribution >= 0.6 is 0 Å². The third-order valence-corrected chi connectivity index (χ3v) is 2.73. The molecule has 1 unspecified atom stereocenters.